The van der Waals surface area contributed by atoms with Gasteiger partial charge in [0.25, 0.3) is 0 Å². The molecule has 0 unspecified atom stereocenters. The lowest BCUT2D eigenvalue weighted by molar-refractivity contribution is 0.559. The van der Waals surface area contributed by atoms with E-state index >= 15 is 0 Å². The van der Waals surface area contributed by atoms with E-state index in [-0.39, 0.29) is 0 Å². The van der Waals surface area contributed by atoms with Crippen LogP contribution in [0.4, 0.5) is 0 Å². The van der Waals surface area contributed by atoms with Crippen LogP contribution in [0, 0.1) is 13.8 Å². The average molecular weight is 343 g/mol. The molecule has 3 heteroatoms. The second-order valence-corrected chi connectivity index (χ2v) is 7.03. The molecule has 0 amide bonds. The molecule has 0 bridgehead atoms. The molecule has 0 radical (unpaired) electrons. The van der Waals surface area contributed by atoms with E-state index in [1.165, 1.54) is 16.8 Å². The van der Waals surface area contributed by atoms with Crippen LogP contribution in [0.5, 0.6) is 0 Å². The van der Waals surface area contributed by atoms with Crippen LogP contribution in [0.2, 0.25) is 0 Å². The van der Waals surface area contributed by atoms with Gasteiger partial charge in [-0.3, -0.25) is 0 Å². The second kappa shape index (κ2) is 7.30. The Balaban J connectivity index is 1.48. The van der Waals surface area contributed by atoms with Crippen LogP contribution in [-0.2, 0) is 6.54 Å². The summed E-state index contributed by atoms with van der Waals surface area (Å²) in [6.07, 6.45) is 5.75. The van der Waals surface area contributed by atoms with Gasteiger partial charge in [-0.25, -0.2) is 4.68 Å². The second-order valence-electron chi connectivity index (χ2n) is 7.03. The Labute approximate surface area is 155 Å². The van der Waals surface area contributed by atoms with Crippen molar-refractivity contribution in [3.8, 4) is 5.69 Å². The normalized spacial score (nSPS) is 19.2. The number of nitrogens with zero attached hydrogens (tertiary/aromatic N) is 2. The Hall–Kier alpha value is -2.65. The third-order valence-electron chi connectivity index (χ3n) is 5.21. The first-order valence-electron chi connectivity index (χ1n) is 9.29. The highest BCUT2D eigenvalue weighted by Crippen LogP contribution is 2.33. The molecule has 0 aliphatic heterocycles. The Bertz CT molecular complexity index is 894. The largest absolute Gasteiger partial charge is 0.306 e. The predicted octanol–water partition coefficient (Wildman–Crippen LogP) is 4.69. The molecule has 1 heterocycles. The third-order valence-corrected chi connectivity index (χ3v) is 5.21. The SMILES string of the molecule is Cc1nn(-c2ccccc2)c(C)c1[C@@H]1C=C[C@@H](NCc2ccccc2)C1. The molecule has 2 atom stereocenters. The Kier molecular flexibility index (Phi) is 4.72. The lowest BCUT2D eigenvalue weighted by Crippen LogP contribution is -2.25. The van der Waals surface area contributed by atoms with E-state index in [0.29, 0.717) is 12.0 Å². The van der Waals surface area contributed by atoms with Gasteiger partial charge in [0.15, 0.2) is 0 Å². The van der Waals surface area contributed by atoms with Crippen molar-refractivity contribution in [3.63, 3.8) is 0 Å². The molecular formula is C23H25N3. The molecule has 1 aromatic heterocycles. The summed E-state index contributed by atoms with van der Waals surface area (Å²) in [7, 11) is 0. The smallest absolute Gasteiger partial charge is 0.0648 e. The molecule has 3 aromatic rings. The average Bonchev–Trinajstić information content (AvgIpc) is 3.25. The maximum atomic E-state index is 4.81. The standard InChI is InChI=1S/C23H25N3/c1-17-23(18(2)26(25-17)22-11-7-4-8-12-22)20-13-14-21(15-20)24-16-19-9-5-3-6-10-19/h3-14,20-21,24H,15-16H2,1-2H3/t20-,21-/m1/s1. The fourth-order valence-corrected chi connectivity index (χ4v) is 3.92. The molecule has 3 nitrogen and oxygen atoms in total. The first kappa shape index (κ1) is 16.8. The minimum atomic E-state index is 0.416. The van der Waals surface area contributed by atoms with Gasteiger partial charge in [-0.2, -0.15) is 5.10 Å². The van der Waals surface area contributed by atoms with E-state index in [1.807, 2.05) is 6.07 Å². The summed E-state index contributed by atoms with van der Waals surface area (Å²) in [5.74, 6) is 0.431. The lowest BCUT2D eigenvalue weighted by Gasteiger charge is -2.15. The van der Waals surface area contributed by atoms with Crippen molar-refractivity contribution in [2.75, 3.05) is 0 Å². The van der Waals surface area contributed by atoms with Crippen molar-refractivity contribution in [1.29, 1.82) is 0 Å². The number of rotatable bonds is 5. The van der Waals surface area contributed by atoms with E-state index < -0.39 is 0 Å². The van der Waals surface area contributed by atoms with Gasteiger partial charge in [-0.05, 0) is 38.0 Å². The summed E-state index contributed by atoms with van der Waals surface area (Å²) in [6.45, 7) is 5.21. The number of aromatic nitrogens is 2. The molecule has 0 spiro atoms. The van der Waals surface area contributed by atoms with Crippen molar-refractivity contribution < 1.29 is 0 Å². The number of nitrogens with one attached hydrogen (secondary N) is 1. The van der Waals surface area contributed by atoms with Gasteiger partial charge >= 0.3 is 0 Å². The first-order chi connectivity index (χ1) is 12.7. The van der Waals surface area contributed by atoms with Gasteiger partial charge < -0.3 is 5.32 Å². The van der Waals surface area contributed by atoms with Crippen LogP contribution in [0.15, 0.2) is 72.8 Å². The minimum Gasteiger partial charge on any atom is -0.306 e. The van der Waals surface area contributed by atoms with Gasteiger partial charge in [0, 0.05) is 29.8 Å². The summed E-state index contributed by atoms with van der Waals surface area (Å²) in [5.41, 5.74) is 6.19. The minimum absolute atomic E-state index is 0.416. The summed E-state index contributed by atoms with van der Waals surface area (Å²) in [6, 6.07) is 21.4. The number of hydrogen-bond donors (Lipinski definition) is 1. The lowest BCUT2D eigenvalue weighted by atomic mass is 9.96. The zero-order chi connectivity index (χ0) is 17.9. The Morgan fingerprint density at radius 3 is 2.38 bits per heavy atom. The van der Waals surface area contributed by atoms with Gasteiger partial charge in [-0.15, -0.1) is 0 Å². The van der Waals surface area contributed by atoms with Gasteiger partial charge in [0.05, 0.1) is 11.4 Å². The highest BCUT2D eigenvalue weighted by Gasteiger charge is 2.25. The molecule has 26 heavy (non-hydrogen) atoms. The topological polar surface area (TPSA) is 29.9 Å². The molecule has 1 aliphatic carbocycles. The molecule has 0 saturated heterocycles. The summed E-state index contributed by atoms with van der Waals surface area (Å²) >= 11 is 0. The predicted molar refractivity (Wildman–Crippen MR) is 107 cm³/mol. The van der Waals surface area contributed by atoms with Crippen molar-refractivity contribution >= 4 is 0 Å². The summed E-state index contributed by atoms with van der Waals surface area (Å²) < 4.78 is 2.07. The fourth-order valence-electron chi connectivity index (χ4n) is 3.92. The van der Waals surface area contributed by atoms with Crippen molar-refractivity contribution in [1.82, 2.24) is 15.1 Å². The van der Waals surface area contributed by atoms with E-state index in [4.69, 9.17) is 5.10 Å². The maximum Gasteiger partial charge on any atom is 0.0648 e. The monoisotopic (exact) mass is 343 g/mol. The molecule has 4 rings (SSSR count). The fraction of sp³-hybridized carbons (Fsp3) is 0.261. The van der Waals surface area contributed by atoms with Crippen molar-refractivity contribution in [2.24, 2.45) is 0 Å². The first-order valence-corrected chi connectivity index (χ1v) is 9.29. The van der Waals surface area contributed by atoms with E-state index in [1.54, 1.807) is 0 Å². The summed E-state index contributed by atoms with van der Waals surface area (Å²) in [5, 5.41) is 8.47. The van der Waals surface area contributed by atoms with E-state index in [2.05, 4.69) is 90.6 Å². The van der Waals surface area contributed by atoms with Crippen LogP contribution in [-0.4, -0.2) is 15.8 Å². The van der Waals surface area contributed by atoms with Crippen molar-refractivity contribution in [2.45, 2.75) is 38.8 Å². The zero-order valence-electron chi connectivity index (χ0n) is 15.4. The molecule has 1 aliphatic rings. The number of aryl methyl sites for hydroxylation is 1. The quantitative estimate of drug-likeness (QED) is 0.681. The zero-order valence-corrected chi connectivity index (χ0v) is 15.4. The van der Waals surface area contributed by atoms with E-state index in [9.17, 15) is 0 Å². The van der Waals surface area contributed by atoms with Crippen LogP contribution < -0.4 is 5.32 Å². The van der Waals surface area contributed by atoms with Gasteiger partial charge in [0.2, 0.25) is 0 Å². The van der Waals surface area contributed by atoms with Gasteiger partial charge in [0.1, 0.15) is 0 Å². The molecule has 0 fully saturated rings. The highest BCUT2D eigenvalue weighted by atomic mass is 15.3. The Morgan fingerprint density at radius 1 is 0.962 bits per heavy atom. The Morgan fingerprint density at radius 2 is 1.65 bits per heavy atom. The van der Waals surface area contributed by atoms with Crippen LogP contribution in [0.25, 0.3) is 5.69 Å². The van der Waals surface area contributed by atoms with Crippen LogP contribution in [0.3, 0.4) is 0 Å². The molecule has 2 aromatic carbocycles. The number of benzene rings is 2. The number of hydrogen-bond acceptors (Lipinski definition) is 2. The van der Waals surface area contributed by atoms with Gasteiger partial charge in [-0.1, -0.05) is 60.7 Å². The third kappa shape index (κ3) is 3.35. The molecule has 1 N–H and O–H groups in total. The molecule has 0 saturated carbocycles. The van der Waals surface area contributed by atoms with Crippen LogP contribution in [0.1, 0.15) is 34.9 Å². The molecular weight excluding hydrogens is 318 g/mol. The summed E-state index contributed by atoms with van der Waals surface area (Å²) in [4.78, 5) is 0. The highest BCUT2D eigenvalue weighted by molar-refractivity contribution is 5.41. The maximum absolute atomic E-state index is 4.81. The van der Waals surface area contributed by atoms with Crippen LogP contribution >= 0.6 is 0 Å². The van der Waals surface area contributed by atoms with Crippen molar-refractivity contribution in [3.05, 3.63) is 95.3 Å². The number of para-hydroxylation sites is 1. The van der Waals surface area contributed by atoms with E-state index in [0.717, 1.165) is 24.3 Å². The number of allylic oxidation sites excluding steroid dienone is 1. The molecule has 132 valence electrons.